The SMILES string of the molecule is C=CCC1(CC=C)C(=O)C(CC=C)(CC=C)[C@@H]2COC[C@H]21. The molecule has 1 saturated heterocycles. The van der Waals surface area contributed by atoms with Gasteiger partial charge < -0.3 is 4.74 Å². The molecule has 1 aliphatic heterocycles. The van der Waals surface area contributed by atoms with Crippen LogP contribution in [-0.4, -0.2) is 19.0 Å². The van der Waals surface area contributed by atoms with Gasteiger partial charge in [-0.1, -0.05) is 24.3 Å². The minimum Gasteiger partial charge on any atom is -0.381 e. The van der Waals surface area contributed by atoms with Crippen LogP contribution in [0.3, 0.4) is 0 Å². The highest BCUT2D eigenvalue weighted by Gasteiger charge is 2.66. The second-order valence-corrected chi connectivity index (χ2v) is 6.36. The van der Waals surface area contributed by atoms with Crippen molar-refractivity contribution in [1.29, 1.82) is 0 Å². The van der Waals surface area contributed by atoms with Gasteiger partial charge in [-0.15, -0.1) is 26.3 Å². The fourth-order valence-corrected chi connectivity index (χ4v) is 4.65. The van der Waals surface area contributed by atoms with Crippen molar-refractivity contribution in [2.45, 2.75) is 25.7 Å². The number of allylic oxidation sites excluding steroid dienone is 4. The van der Waals surface area contributed by atoms with Crippen LogP contribution in [0.4, 0.5) is 0 Å². The number of ketones is 1. The summed E-state index contributed by atoms with van der Waals surface area (Å²) in [7, 11) is 0. The molecule has 2 nitrogen and oxygen atoms in total. The lowest BCUT2D eigenvalue weighted by atomic mass is 9.69. The van der Waals surface area contributed by atoms with E-state index in [1.54, 1.807) is 0 Å². The summed E-state index contributed by atoms with van der Waals surface area (Å²) in [6.45, 7) is 16.8. The smallest absolute Gasteiger partial charge is 0.147 e. The molecule has 0 aromatic carbocycles. The van der Waals surface area contributed by atoms with Gasteiger partial charge in [-0.2, -0.15) is 0 Å². The summed E-state index contributed by atoms with van der Waals surface area (Å²) >= 11 is 0. The molecule has 1 aliphatic carbocycles. The van der Waals surface area contributed by atoms with Gasteiger partial charge in [-0.3, -0.25) is 4.79 Å². The topological polar surface area (TPSA) is 26.3 Å². The quantitative estimate of drug-likeness (QED) is 0.628. The molecule has 0 amide bonds. The van der Waals surface area contributed by atoms with Gasteiger partial charge in [0.15, 0.2) is 0 Å². The summed E-state index contributed by atoms with van der Waals surface area (Å²) in [4.78, 5) is 13.5. The van der Waals surface area contributed by atoms with E-state index in [1.165, 1.54) is 0 Å². The summed E-state index contributed by atoms with van der Waals surface area (Å²) in [6.07, 6.45) is 10.3. The average Bonchev–Trinajstić information content (AvgIpc) is 3.00. The molecule has 2 fully saturated rings. The number of ether oxygens (including phenoxy) is 1. The molecule has 114 valence electrons. The van der Waals surface area contributed by atoms with Crippen LogP contribution in [0.2, 0.25) is 0 Å². The zero-order valence-corrected chi connectivity index (χ0v) is 12.9. The second kappa shape index (κ2) is 6.15. The van der Waals surface area contributed by atoms with Gasteiger partial charge in [0.05, 0.1) is 13.2 Å². The van der Waals surface area contributed by atoms with Gasteiger partial charge in [-0.25, -0.2) is 0 Å². The lowest BCUT2D eigenvalue weighted by molar-refractivity contribution is -0.136. The Bertz CT molecular complexity index is 400. The van der Waals surface area contributed by atoms with E-state index in [-0.39, 0.29) is 11.8 Å². The molecule has 0 aromatic heterocycles. The van der Waals surface area contributed by atoms with E-state index < -0.39 is 10.8 Å². The van der Waals surface area contributed by atoms with Crippen LogP contribution in [-0.2, 0) is 9.53 Å². The summed E-state index contributed by atoms with van der Waals surface area (Å²) in [5.74, 6) is 0.842. The molecule has 0 N–H and O–H groups in total. The van der Waals surface area contributed by atoms with Crippen molar-refractivity contribution in [2.75, 3.05) is 13.2 Å². The minimum absolute atomic E-state index is 0.251. The van der Waals surface area contributed by atoms with Gasteiger partial charge >= 0.3 is 0 Å². The Hall–Kier alpha value is -1.41. The fourth-order valence-electron chi connectivity index (χ4n) is 4.65. The molecule has 21 heavy (non-hydrogen) atoms. The van der Waals surface area contributed by atoms with E-state index in [0.29, 0.717) is 44.7 Å². The minimum atomic E-state index is -0.406. The first-order valence-corrected chi connectivity index (χ1v) is 7.69. The van der Waals surface area contributed by atoms with E-state index in [4.69, 9.17) is 4.74 Å². The van der Waals surface area contributed by atoms with Crippen molar-refractivity contribution >= 4 is 5.78 Å². The molecule has 0 aromatic rings. The number of Topliss-reactive ketones (excluding diaryl/α,β-unsaturated/α-hetero) is 1. The van der Waals surface area contributed by atoms with Crippen molar-refractivity contribution in [3.8, 4) is 0 Å². The van der Waals surface area contributed by atoms with Crippen molar-refractivity contribution in [1.82, 2.24) is 0 Å². The van der Waals surface area contributed by atoms with Gasteiger partial charge in [0.2, 0.25) is 0 Å². The summed E-state index contributed by atoms with van der Waals surface area (Å²) in [5.41, 5.74) is -0.812. The van der Waals surface area contributed by atoms with Crippen molar-refractivity contribution in [2.24, 2.45) is 22.7 Å². The fraction of sp³-hybridized carbons (Fsp3) is 0.526. The third-order valence-corrected chi connectivity index (χ3v) is 5.44. The monoisotopic (exact) mass is 286 g/mol. The van der Waals surface area contributed by atoms with Gasteiger partial charge in [0.25, 0.3) is 0 Å². The Morgan fingerprint density at radius 3 is 1.48 bits per heavy atom. The lowest BCUT2D eigenvalue weighted by Gasteiger charge is -2.33. The second-order valence-electron chi connectivity index (χ2n) is 6.36. The number of rotatable bonds is 8. The van der Waals surface area contributed by atoms with Gasteiger partial charge in [0.1, 0.15) is 5.78 Å². The maximum absolute atomic E-state index is 13.5. The van der Waals surface area contributed by atoms with Crippen molar-refractivity contribution in [3.05, 3.63) is 50.6 Å². The molecule has 2 aliphatic rings. The Balaban J connectivity index is 2.55. The zero-order chi connectivity index (χ0) is 15.5. The van der Waals surface area contributed by atoms with E-state index in [1.807, 2.05) is 24.3 Å². The van der Waals surface area contributed by atoms with Gasteiger partial charge in [-0.05, 0) is 25.7 Å². The number of carbonyl (C=O) groups is 1. The first-order valence-electron chi connectivity index (χ1n) is 7.69. The molecular weight excluding hydrogens is 260 g/mol. The molecular formula is C19H26O2. The van der Waals surface area contributed by atoms with E-state index >= 15 is 0 Å². The van der Waals surface area contributed by atoms with Crippen molar-refractivity contribution < 1.29 is 9.53 Å². The maximum atomic E-state index is 13.5. The summed E-state index contributed by atoms with van der Waals surface area (Å²) in [6, 6.07) is 0. The zero-order valence-electron chi connectivity index (χ0n) is 12.9. The predicted molar refractivity (Wildman–Crippen MR) is 86.9 cm³/mol. The van der Waals surface area contributed by atoms with Crippen molar-refractivity contribution in [3.63, 3.8) is 0 Å². The normalized spacial score (nSPS) is 28.9. The van der Waals surface area contributed by atoms with Gasteiger partial charge in [0, 0.05) is 22.7 Å². The van der Waals surface area contributed by atoms with Crippen LogP contribution in [0.5, 0.6) is 0 Å². The van der Waals surface area contributed by atoms with E-state index in [9.17, 15) is 4.79 Å². The molecule has 2 rings (SSSR count). The summed E-state index contributed by atoms with van der Waals surface area (Å²) in [5, 5.41) is 0. The number of hydrogen-bond donors (Lipinski definition) is 0. The van der Waals surface area contributed by atoms with E-state index in [0.717, 1.165) is 0 Å². The molecule has 0 radical (unpaired) electrons. The third kappa shape index (κ3) is 2.17. The number of fused-ring (bicyclic) bond motifs is 1. The van der Waals surface area contributed by atoms with Crippen LogP contribution >= 0.6 is 0 Å². The highest BCUT2D eigenvalue weighted by Crippen LogP contribution is 2.62. The van der Waals surface area contributed by atoms with Crippen LogP contribution in [0, 0.1) is 22.7 Å². The Morgan fingerprint density at radius 2 is 1.19 bits per heavy atom. The largest absolute Gasteiger partial charge is 0.381 e. The molecule has 0 spiro atoms. The highest BCUT2D eigenvalue weighted by atomic mass is 16.5. The standard InChI is InChI=1S/C19H26O2/c1-5-9-18(10-6-2)15-13-21-14-16(15)19(11-7-3,12-8-4)17(18)20/h5-8,15-16H,1-4,9-14H2/t15-,16-/m1/s1. The number of hydrogen-bond acceptors (Lipinski definition) is 2. The predicted octanol–water partition coefficient (Wildman–Crippen LogP) is 4.11. The third-order valence-electron chi connectivity index (χ3n) is 5.44. The first-order chi connectivity index (χ1) is 10.1. The Morgan fingerprint density at radius 1 is 0.857 bits per heavy atom. The van der Waals surface area contributed by atoms with Crippen LogP contribution < -0.4 is 0 Å². The lowest BCUT2D eigenvalue weighted by Crippen LogP contribution is -2.39. The summed E-state index contributed by atoms with van der Waals surface area (Å²) < 4.78 is 5.77. The van der Waals surface area contributed by atoms with Crippen LogP contribution in [0.1, 0.15) is 25.7 Å². The molecule has 2 heteroatoms. The molecule has 2 atom stereocenters. The Labute approximate surface area is 128 Å². The molecule has 1 saturated carbocycles. The van der Waals surface area contributed by atoms with Crippen LogP contribution in [0.25, 0.3) is 0 Å². The number of carbonyl (C=O) groups excluding carboxylic acids is 1. The van der Waals surface area contributed by atoms with E-state index in [2.05, 4.69) is 26.3 Å². The first kappa shape index (κ1) is 16.0. The molecule has 0 unspecified atom stereocenters. The van der Waals surface area contributed by atoms with Crippen LogP contribution in [0.15, 0.2) is 50.6 Å². The maximum Gasteiger partial charge on any atom is 0.147 e. The highest BCUT2D eigenvalue weighted by molar-refractivity contribution is 5.94. The average molecular weight is 286 g/mol. The molecule has 1 heterocycles. The Kier molecular flexibility index (Phi) is 4.67. The molecule has 0 bridgehead atoms.